The van der Waals surface area contributed by atoms with Gasteiger partial charge in [0.1, 0.15) is 11.2 Å². The Morgan fingerprint density at radius 1 is 1.21 bits per heavy atom. The Hall–Kier alpha value is -3.41. The predicted octanol–water partition coefficient (Wildman–Crippen LogP) is 3.30. The summed E-state index contributed by atoms with van der Waals surface area (Å²) in [6.07, 6.45) is 5.69. The summed E-state index contributed by atoms with van der Waals surface area (Å²) in [5, 5.41) is 13.4. The van der Waals surface area contributed by atoms with E-state index >= 15 is 0 Å². The van der Waals surface area contributed by atoms with E-state index in [2.05, 4.69) is 10.1 Å². The van der Waals surface area contributed by atoms with Crippen molar-refractivity contribution in [2.24, 2.45) is 0 Å². The van der Waals surface area contributed by atoms with Crippen molar-refractivity contribution in [2.45, 2.75) is 6.42 Å². The van der Waals surface area contributed by atoms with E-state index in [1.807, 2.05) is 36.5 Å². The number of nitrogens with zero attached hydrogens (tertiary/aromatic N) is 3. The van der Waals surface area contributed by atoms with E-state index in [0.717, 1.165) is 16.8 Å². The van der Waals surface area contributed by atoms with Crippen molar-refractivity contribution >= 4 is 17.1 Å². The highest BCUT2D eigenvalue weighted by Crippen LogP contribution is 2.23. The molecular formula is C18H13N3O3. The Morgan fingerprint density at radius 3 is 2.75 bits per heavy atom. The van der Waals surface area contributed by atoms with Crippen molar-refractivity contribution in [2.75, 3.05) is 0 Å². The monoisotopic (exact) mass is 319 g/mol. The molecule has 0 aliphatic carbocycles. The van der Waals surface area contributed by atoms with Gasteiger partial charge in [-0.3, -0.25) is 0 Å². The van der Waals surface area contributed by atoms with Crippen LogP contribution < -0.4 is 0 Å². The molecule has 0 fully saturated rings. The van der Waals surface area contributed by atoms with E-state index in [-0.39, 0.29) is 5.69 Å². The molecule has 1 aromatic carbocycles. The lowest BCUT2D eigenvalue weighted by molar-refractivity contribution is 0.0691. The summed E-state index contributed by atoms with van der Waals surface area (Å²) >= 11 is 0. The quantitative estimate of drug-likeness (QED) is 0.624. The highest BCUT2D eigenvalue weighted by atomic mass is 16.4. The van der Waals surface area contributed by atoms with Gasteiger partial charge in [0.05, 0.1) is 12.0 Å². The lowest BCUT2D eigenvalue weighted by atomic mass is 10.0. The van der Waals surface area contributed by atoms with Gasteiger partial charge in [-0.1, -0.05) is 12.1 Å². The third-order valence-electron chi connectivity index (χ3n) is 3.81. The first kappa shape index (κ1) is 14.2. The van der Waals surface area contributed by atoms with Crippen LogP contribution in [0.15, 0.2) is 65.5 Å². The summed E-state index contributed by atoms with van der Waals surface area (Å²) in [5.41, 5.74) is 4.01. The van der Waals surface area contributed by atoms with E-state index in [4.69, 9.17) is 4.42 Å². The molecule has 6 nitrogen and oxygen atoms in total. The number of pyridine rings is 1. The molecule has 0 radical (unpaired) electrons. The number of fused-ring (bicyclic) bond motifs is 1. The first-order valence-electron chi connectivity index (χ1n) is 7.40. The minimum atomic E-state index is -1.05. The second kappa shape index (κ2) is 5.66. The molecule has 24 heavy (non-hydrogen) atoms. The van der Waals surface area contributed by atoms with E-state index in [1.54, 1.807) is 23.0 Å². The van der Waals surface area contributed by atoms with E-state index in [0.29, 0.717) is 17.5 Å². The van der Waals surface area contributed by atoms with Gasteiger partial charge in [0.2, 0.25) is 0 Å². The van der Waals surface area contributed by atoms with Gasteiger partial charge in [0.25, 0.3) is 0 Å². The molecule has 6 heteroatoms. The van der Waals surface area contributed by atoms with Gasteiger partial charge in [-0.05, 0) is 29.8 Å². The van der Waals surface area contributed by atoms with E-state index in [1.165, 1.54) is 6.26 Å². The van der Waals surface area contributed by atoms with E-state index < -0.39 is 5.97 Å². The highest BCUT2D eigenvalue weighted by molar-refractivity contribution is 5.89. The van der Waals surface area contributed by atoms with Gasteiger partial charge in [-0.15, -0.1) is 0 Å². The molecule has 0 saturated heterocycles. The Morgan fingerprint density at radius 2 is 2.04 bits per heavy atom. The Labute approximate surface area is 137 Å². The third-order valence-corrected chi connectivity index (χ3v) is 3.81. The normalized spacial score (nSPS) is 11.0. The molecule has 0 aliphatic heterocycles. The molecule has 4 rings (SSSR count). The summed E-state index contributed by atoms with van der Waals surface area (Å²) in [6, 6.07) is 13.0. The van der Waals surface area contributed by atoms with Crippen molar-refractivity contribution < 1.29 is 14.3 Å². The van der Waals surface area contributed by atoms with Gasteiger partial charge in [0.15, 0.2) is 5.58 Å². The number of benzene rings is 1. The SMILES string of the molecule is O=C(O)c1cc(Cc2ccc(-n3cccn3)cc2)c2occc2n1. The topological polar surface area (TPSA) is 81.1 Å². The number of carbonyl (C=O) groups is 1. The maximum absolute atomic E-state index is 11.2. The van der Waals surface area contributed by atoms with Crippen LogP contribution in [0.4, 0.5) is 0 Å². The summed E-state index contributed by atoms with van der Waals surface area (Å²) < 4.78 is 7.25. The van der Waals surface area contributed by atoms with Crippen LogP contribution in [0.1, 0.15) is 21.6 Å². The van der Waals surface area contributed by atoms with Crippen LogP contribution in [0.3, 0.4) is 0 Å². The second-order valence-electron chi connectivity index (χ2n) is 5.40. The predicted molar refractivity (Wildman–Crippen MR) is 87.3 cm³/mol. The van der Waals surface area contributed by atoms with Crippen LogP contribution in [0.2, 0.25) is 0 Å². The molecule has 1 N–H and O–H groups in total. The van der Waals surface area contributed by atoms with Crippen molar-refractivity contribution in [3.63, 3.8) is 0 Å². The average molecular weight is 319 g/mol. The molecule has 118 valence electrons. The molecule has 0 bridgehead atoms. The number of carboxylic acid groups (broad SMARTS) is 1. The smallest absolute Gasteiger partial charge is 0.354 e. The fraction of sp³-hybridized carbons (Fsp3) is 0.0556. The number of rotatable bonds is 4. The van der Waals surface area contributed by atoms with Gasteiger partial charge >= 0.3 is 5.97 Å². The lowest BCUT2D eigenvalue weighted by Crippen LogP contribution is -2.02. The summed E-state index contributed by atoms with van der Waals surface area (Å²) in [6.45, 7) is 0. The number of hydrogen-bond acceptors (Lipinski definition) is 4. The van der Waals surface area contributed by atoms with Crippen LogP contribution in [0.5, 0.6) is 0 Å². The maximum atomic E-state index is 11.2. The zero-order valence-corrected chi connectivity index (χ0v) is 12.6. The van der Waals surface area contributed by atoms with Gasteiger partial charge in [-0.2, -0.15) is 5.10 Å². The Kier molecular flexibility index (Phi) is 3.35. The number of aromatic carboxylic acids is 1. The zero-order valence-electron chi connectivity index (χ0n) is 12.6. The second-order valence-corrected chi connectivity index (χ2v) is 5.40. The summed E-state index contributed by atoms with van der Waals surface area (Å²) in [5.74, 6) is -1.05. The molecule has 3 aromatic heterocycles. The lowest BCUT2D eigenvalue weighted by Gasteiger charge is -2.06. The van der Waals surface area contributed by atoms with Crippen LogP contribution in [0, 0.1) is 0 Å². The number of carboxylic acids is 1. The fourth-order valence-corrected chi connectivity index (χ4v) is 2.67. The van der Waals surface area contributed by atoms with Crippen LogP contribution in [-0.2, 0) is 6.42 Å². The molecule has 3 heterocycles. The molecule has 4 aromatic rings. The molecule has 0 amide bonds. The largest absolute Gasteiger partial charge is 0.477 e. The Balaban J connectivity index is 1.69. The van der Waals surface area contributed by atoms with Gasteiger partial charge in [0, 0.05) is 30.4 Å². The fourth-order valence-electron chi connectivity index (χ4n) is 2.67. The number of aromatic nitrogens is 3. The van der Waals surface area contributed by atoms with E-state index in [9.17, 15) is 9.90 Å². The van der Waals surface area contributed by atoms with Crippen LogP contribution in [-0.4, -0.2) is 25.8 Å². The summed E-state index contributed by atoms with van der Waals surface area (Å²) in [7, 11) is 0. The van der Waals surface area contributed by atoms with Crippen molar-refractivity contribution in [1.29, 1.82) is 0 Å². The zero-order chi connectivity index (χ0) is 16.5. The summed E-state index contributed by atoms with van der Waals surface area (Å²) in [4.78, 5) is 15.3. The molecule has 0 atom stereocenters. The van der Waals surface area contributed by atoms with Crippen LogP contribution >= 0.6 is 0 Å². The molecule has 0 unspecified atom stereocenters. The number of hydrogen-bond donors (Lipinski definition) is 1. The molecule has 0 spiro atoms. The van der Waals surface area contributed by atoms with Gasteiger partial charge in [-0.25, -0.2) is 14.5 Å². The third kappa shape index (κ3) is 2.54. The first-order valence-corrected chi connectivity index (χ1v) is 7.40. The molecule has 0 aliphatic rings. The highest BCUT2D eigenvalue weighted by Gasteiger charge is 2.13. The average Bonchev–Trinajstić information content (AvgIpc) is 3.27. The minimum Gasteiger partial charge on any atom is -0.477 e. The maximum Gasteiger partial charge on any atom is 0.354 e. The van der Waals surface area contributed by atoms with Crippen molar-refractivity contribution in [3.05, 3.63) is 77.9 Å². The Bertz CT molecular complexity index is 1000. The standard InChI is InChI=1S/C18H13N3O3/c22-18(23)16-11-13(17-15(20-16)6-9-24-17)10-12-2-4-14(5-3-12)21-8-1-7-19-21/h1-9,11H,10H2,(H,22,23). The number of furan rings is 1. The minimum absolute atomic E-state index is 0.0204. The van der Waals surface area contributed by atoms with Crippen molar-refractivity contribution in [3.8, 4) is 5.69 Å². The first-order chi connectivity index (χ1) is 11.7. The molecular weight excluding hydrogens is 306 g/mol. The van der Waals surface area contributed by atoms with Crippen molar-refractivity contribution in [1.82, 2.24) is 14.8 Å². The van der Waals surface area contributed by atoms with Crippen LogP contribution in [0.25, 0.3) is 16.8 Å². The molecule has 0 saturated carbocycles. The van der Waals surface area contributed by atoms with Gasteiger partial charge < -0.3 is 9.52 Å².